The van der Waals surface area contributed by atoms with Crippen LogP contribution in [-0.4, -0.2) is 25.1 Å². The van der Waals surface area contributed by atoms with Gasteiger partial charge in [-0.05, 0) is 0 Å². The smallest absolute Gasteiger partial charge is 0.323 e. The van der Waals surface area contributed by atoms with Crippen LogP contribution in [0.1, 0.15) is 0 Å². The molecule has 10 heavy (non-hydrogen) atoms. The van der Waals surface area contributed by atoms with Crippen molar-refractivity contribution in [1.82, 2.24) is 5.73 Å². The summed E-state index contributed by atoms with van der Waals surface area (Å²) < 4.78 is 20.0. The third-order valence-electron chi connectivity index (χ3n) is 0.637. The van der Waals surface area contributed by atoms with Gasteiger partial charge < -0.3 is 19.6 Å². The van der Waals surface area contributed by atoms with E-state index < -0.39 is 20.7 Å². The Hall–Kier alpha value is 0.260. The van der Waals surface area contributed by atoms with Crippen molar-refractivity contribution < 1.29 is 28.7 Å². The van der Waals surface area contributed by atoms with E-state index in [2.05, 4.69) is 0 Å². The summed E-state index contributed by atoms with van der Waals surface area (Å²) in [5, 5.41) is 0. The summed E-state index contributed by atoms with van der Waals surface area (Å²) in [5.74, 6) is 0. The van der Waals surface area contributed by atoms with Gasteiger partial charge in [0.1, 0.15) is 0 Å². The Bertz CT molecular complexity index is 178. The molecule has 0 unspecified atom stereocenters. The highest BCUT2D eigenvalue weighted by molar-refractivity contribution is 7.70. The van der Waals surface area contributed by atoms with E-state index in [1.807, 2.05) is 0 Å². The van der Waals surface area contributed by atoms with Crippen LogP contribution in [-0.2, 0) is 9.13 Å². The van der Waals surface area contributed by atoms with Crippen LogP contribution >= 0.6 is 15.2 Å². The minimum atomic E-state index is -4.97. The van der Waals surface area contributed by atoms with Gasteiger partial charge in [0.25, 0.3) is 0 Å². The Morgan fingerprint density at radius 2 is 1.20 bits per heavy atom. The summed E-state index contributed by atoms with van der Waals surface area (Å²) in [5.41, 5.74) is 3.70. The molecule has 0 rings (SSSR count). The molecule has 0 aromatic rings. The molecule has 0 aromatic heterocycles. The van der Waals surface area contributed by atoms with Crippen molar-refractivity contribution >= 4 is 15.2 Å². The summed E-state index contributed by atoms with van der Waals surface area (Å²) >= 11 is 0. The fraction of sp³-hybridized carbons (Fsp3) is 1.00. The van der Waals surface area contributed by atoms with Crippen molar-refractivity contribution in [2.45, 2.75) is 5.52 Å². The van der Waals surface area contributed by atoms with Gasteiger partial charge in [-0.1, -0.05) is 0 Å². The molecule has 9 heteroatoms. The molecule has 61 valence electrons. The molecule has 5 N–H and O–H groups in total. The van der Waals surface area contributed by atoms with E-state index in [0.29, 0.717) is 0 Å². The van der Waals surface area contributed by atoms with Gasteiger partial charge in [-0.3, -0.25) is 9.13 Å². The minimum Gasteiger partial charge on any atom is -0.323 e. The van der Waals surface area contributed by atoms with Crippen LogP contribution in [0.25, 0.3) is 0 Å². The number of rotatable bonds is 2. The summed E-state index contributed by atoms with van der Waals surface area (Å²) in [6.07, 6.45) is 0. The molecule has 0 aromatic carbocycles. The standard InChI is InChI=1S/CH6NO6P2/c2-1(9(3,4)5)10(6,7)8/h1-2H,(H2,3,4,5)(H2,6,7,8). The fourth-order valence-corrected chi connectivity index (χ4v) is 1.76. The van der Waals surface area contributed by atoms with E-state index in [4.69, 9.17) is 25.3 Å². The summed E-state index contributed by atoms with van der Waals surface area (Å²) in [6, 6.07) is 0. The van der Waals surface area contributed by atoms with Gasteiger partial charge in [-0.15, -0.1) is 0 Å². The largest absolute Gasteiger partial charge is 0.356 e. The van der Waals surface area contributed by atoms with Crippen LogP contribution in [0.3, 0.4) is 0 Å². The van der Waals surface area contributed by atoms with Gasteiger partial charge in [0.15, 0.2) is 0 Å². The maximum absolute atomic E-state index is 9.99. The molecule has 0 atom stereocenters. The zero-order valence-electron chi connectivity index (χ0n) is 4.58. The van der Waals surface area contributed by atoms with Crippen LogP contribution in [0.4, 0.5) is 0 Å². The fourth-order valence-electron chi connectivity index (χ4n) is 0.196. The quantitative estimate of drug-likeness (QED) is 0.408. The van der Waals surface area contributed by atoms with Gasteiger partial charge in [0.2, 0.25) is 5.52 Å². The number of hydrogen-bond acceptors (Lipinski definition) is 2. The second-order valence-electron chi connectivity index (χ2n) is 1.55. The lowest BCUT2D eigenvalue weighted by molar-refractivity contribution is 0.338. The maximum Gasteiger partial charge on any atom is 0.356 e. The highest BCUT2D eigenvalue weighted by atomic mass is 31.2. The molecular formula is CH6NO6P2. The van der Waals surface area contributed by atoms with E-state index in [9.17, 15) is 9.13 Å². The molecule has 0 fully saturated rings. The molecule has 0 heterocycles. The van der Waals surface area contributed by atoms with Crippen LogP contribution in [0.15, 0.2) is 0 Å². The Morgan fingerprint density at radius 1 is 1.00 bits per heavy atom. The number of nitrogens with one attached hydrogen (secondary N) is 1. The van der Waals surface area contributed by atoms with E-state index in [1.165, 1.54) is 0 Å². The number of hydrogen-bond donors (Lipinski definition) is 4. The van der Waals surface area contributed by atoms with Crippen molar-refractivity contribution in [3.63, 3.8) is 0 Å². The van der Waals surface area contributed by atoms with Crippen molar-refractivity contribution in [2.24, 2.45) is 0 Å². The van der Waals surface area contributed by atoms with Crippen LogP contribution in [0.5, 0.6) is 0 Å². The van der Waals surface area contributed by atoms with Crippen LogP contribution in [0, 0.1) is 0 Å². The zero-order chi connectivity index (χ0) is 8.58. The lowest BCUT2D eigenvalue weighted by Crippen LogP contribution is -2.09. The van der Waals surface area contributed by atoms with Crippen molar-refractivity contribution in [3.8, 4) is 0 Å². The molecule has 7 nitrogen and oxygen atoms in total. The SMILES string of the molecule is [NH]C(P(=O)(O)O)P(=O)(O)O. The predicted octanol–water partition coefficient (Wildman–Crippen LogP) is -1.09. The average molecular weight is 190 g/mol. The molecule has 0 aliphatic heterocycles. The molecule has 0 aliphatic rings. The molecule has 0 saturated carbocycles. The Kier molecular flexibility index (Phi) is 2.78. The lowest BCUT2D eigenvalue weighted by Gasteiger charge is -2.12. The normalized spacial score (nSPS) is 14.2. The van der Waals surface area contributed by atoms with E-state index >= 15 is 0 Å². The molecule has 0 aliphatic carbocycles. The van der Waals surface area contributed by atoms with E-state index in [1.54, 1.807) is 0 Å². The molecule has 0 bridgehead atoms. The van der Waals surface area contributed by atoms with Gasteiger partial charge >= 0.3 is 15.2 Å². The maximum atomic E-state index is 9.99. The van der Waals surface area contributed by atoms with Crippen LogP contribution in [0.2, 0.25) is 0 Å². The Morgan fingerprint density at radius 3 is 1.20 bits per heavy atom. The first-order valence-electron chi connectivity index (χ1n) is 1.97. The van der Waals surface area contributed by atoms with Crippen molar-refractivity contribution in [2.75, 3.05) is 0 Å². The average Bonchev–Trinajstić information content (AvgIpc) is 1.59. The van der Waals surface area contributed by atoms with Gasteiger partial charge in [0, 0.05) is 0 Å². The van der Waals surface area contributed by atoms with Gasteiger partial charge in [-0.25, -0.2) is 5.73 Å². The molecule has 0 spiro atoms. The third kappa shape index (κ3) is 2.90. The lowest BCUT2D eigenvalue weighted by atomic mass is 11.5. The minimum absolute atomic E-state index is 2.65. The summed E-state index contributed by atoms with van der Waals surface area (Å²) in [4.78, 5) is 32.2. The first kappa shape index (κ1) is 10.3. The molecular weight excluding hydrogens is 184 g/mol. The van der Waals surface area contributed by atoms with E-state index in [-0.39, 0.29) is 0 Å². The first-order valence-corrected chi connectivity index (χ1v) is 5.33. The third-order valence-corrected chi connectivity index (χ3v) is 3.72. The van der Waals surface area contributed by atoms with Gasteiger partial charge in [0.05, 0.1) is 0 Å². The summed E-state index contributed by atoms with van der Waals surface area (Å²) in [7, 11) is -9.95. The highest BCUT2D eigenvalue weighted by Crippen LogP contribution is 2.57. The van der Waals surface area contributed by atoms with E-state index in [0.717, 1.165) is 0 Å². The second-order valence-corrected chi connectivity index (χ2v) is 5.35. The monoisotopic (exact) mass is 190 g/mol. The van der Waals surface area contributed by atoms with Crippen molar-refractivity contribution in [3.05, 3.63) is 0 Å². The summed E-state index contributed by atoms with van der Waals surface area (Å²) in [6.45, 7) is 0. The highest BCUT2D eigenvalue weighted by Gasteiger charge is 2.40. The Labute approximate surface area is 56.2 Å². The predicted molar refractivity (Wildman–Crippen MR) is 31.0 cm³/mol. The molecule has 0 amide bonds. The molecule has 1 radical (unpaired) electrons. The second kappa shape index (κ2) is 2.71. The Balaban J connectivity index is 4.56. The van der Waals surface area contributed by atoms with Gasteiger partial charge in [-0.2, -0.15) is 0 Å². The van der Waals surface area contributed by atoms with Crippen molar-refractivity contribution in [1.29, 1.82) is 0 Å². The topological polar surface area (TPSA) is 139 Å². The van der Waals surface area contributed by atoms with Crippen LogP contribution < -0.4 is 5.73 Å². The zero-order valence-corrected chi connectivity index (χ0v) is 6.37. The molecule has 0 saturated heterocycles. The first-order chi connectivity index (χ1) is 4.15.